The van der Waals surface area contributed by atoms with Gasteiger partial charge in [0.25, 0.3) is 0 Å². The van der Waals surface area contributed by atoms with E-state index in [1.807, 2.05) is 9.47 Å². The first-order chi connectivity index (χ1) is 12.2. The molecule has 0 saturated carbocycles. The second kappa shape index (κ2) is 6.75. The minimum absolute atomic E-state index is 0.0698. The first-order valence-electron chi connectivity index (χ1n) is 9.20. The molecule has 5 nitrogen and oxygen atoms in total. The van der Waals surface area contributed by atoms with Crippen molar-refractivity contribution in [1.29, 1.82) is 0 Å². The molecule has 6 heteroatoms. The van der Waals surface area contributed by atoms with E-state index in [1.54, 1.807) is 6.07 Å². The third-order valence-corrected chi connectivity index (χ3v) is 5.26. The van der Waals surface area contributed by atoms with Crippen molar-refractivity contribution in [3.05, 3.63) is 29.8 Å². The number of likely N-dealkylation sites (tertiary alicyclic amines) is 1. The number of amides is 1. The summed E-state index contributed by atoms with van der Waals surface area (Å²) in [6.45, 7) is 4.14. The molecule has 0 spiro atoms. The highest BCUT2D eigenvalue weighted by molar-refractivity contribution is 5.79. The number of ether oxygens (including phenoxy) is 1. The molecule has 2 atom stereocenters. The Bertz CT molecular complexity index is 782. The average Bonchev–Trinajstić information content (AvgIpc) is 3.28. The molecule has 1 amide bonds. The van der Waals surface area contributed by atoms with Gasteiger partial charge >= 0.3 is 0 Å². The monoisotopic (exact) mass is 345 g/mol. The third-order valence-electron chi connectivity index (χ3n) is 5.26. The molecule has 2 aliphatic heterocycles. The third kappa shape index (κ3) is 3.15. The smallest absolute Gasteiger partial charge is 0.224 e. The fourth-order valence-electron chi connectivity index (χ4n) is 4.06. The number of hydrogen-bond acceptors (Lipinski definition) is 3. The molecule has 3 heterocycles. The molecule has 0 bridgehead atoms. The van der Waals surface area contributed by atoms with Crippen LogP contribution in [0.5, 0.6) is 0 Å². The van der Waals surface area contributed by atoms with Crippen molar-refractivity contribution in [3.8, 4) is 0 Å². The van der Waals surface area contributed by atoms with E-state index in [1.165, 1.54) is 12.1 Å². The number of nitrogens with zero attached hydrogens (tertiary/aromatic N) is 3. The fraction of sp³-hybridized carbons (Fsp3) is 0.579. The van der Waals surface area contributed by atoms with Crippen LogP contribution in [0.2, 0.25) is 0 Å². The molecule has 2 aliphatic rings. The van der Waals surface area contributed by atoms with Crippen LogP contribution in [0.3, 0.4) is 0 Å². The van der Waals surface area contributed by atoms with Crippen molar-refractivity contribution in [1.82, 2.24) is 14.5 Å². The molecule has 1 aromatic carbocycles. The number of fused-ring (bicyclic) bond motifs is 1. The maximum absolute atomic E-state index is 13.6. The van der Waals surface area contributed by atoms with Crippen LogP contribution in [-0.2, 0) is 16.2 Å². The van der Waals surface area contributed by atoms with E-state index < -0.39 is 0 Å². The Hall–Kier alpha value is -1.95. The maximum atomic E-state index is 13.6. The number of halogens is 1. The zero-order chi connectivity index (χ0) is 17.4. The average molecular weight is 345 g/mol. The summed E-state index contributed by atoms with van der Waals surface area (Å²) >= 11 is 0. The number of benzene rings is 1. The van der Waals surface area contributed by atoms with E-state index in [4.69, 9.17) is 4.74 Å². The van der Waals surface area contributed by atoms with Gasteiger partial charge in [-0.1, -0.05) is 13.3 Å². The van der Waals surface area contributed by atoms with Gasteiger partial charge in [-0.05, 0) is 37.3 Å². The van der Waals surface area contributed by atoms with Gasteiger partial charge in [0.1, 0.15) is 17.7 Å². The normalized spacial score (nSPS) is 23.9. The highest BCUT2D eigenvalue weighted by atomic mass is 19.1. The Morgan fingerprint density at radius 1 is 1.40 bits per heavy atom. The van der Waals surface area contributed by atoms with Crippen LogP contribution in [0.25, 0.3) is 11.0 Å². The fourth-order valence-corrected chi connectivity index (χ4v) is 4.06. The molecule has 0 radical (unpaired) electrons. The van der Waals surface area contributed by atoms with Crippen molar-refractivity contribution in [2.45, 2.75) is 51.8 Å². The standard InChI is InChI=1S/C19H24FN3O2/c1-2-4-13-9-18(24)22(11-13)12-23-16-7-6-14(20)10-15(16)21-19(23)17-5-3-8-25-17/h6-7,10,13,17H,2-5,8-9,11-12H2,1H3. The van der Waals surface area contributed by atoms with E-state index in [-0.39, 0.29) is 17.8 Å². The van der Waals surface area contributed by atoms with Crippen LogP contribution < -0.4 is 0 Å². The van der Waals surface area contributed by atoms with Gasteiger partial charge in [0.15, 0.2) is 0 Å². The van der Waals surface area contributed by atoms with Crippen molar-refractivity contribution in [2.24, 2.45) is 5.92 Å². The predicted molar refractivity (Wildman–Crippen MR) is 92.3 cm³/mol. The molecule has 2 saturated heterocycles. The molecule has 2 aromatic rings. The highest BCUT2D eigenvalue weighted by Crippen LogP contribution is 2.32. The number of carbonyl (C=O) groups excluding carboxylic acids is 1. The lowest BCUT2D eigenvalue weighted by Gasteiger charge is -2.21. The number of carbonyl (C=O) groups is 1. The van der Waals surface area contributed by atoms with Gasteiger partial charge in [0, 0.05) is 25.6 Å². The Morgan fingerprint density at radius 2 is 2.28 bits per heavy atom. The van der Waals surface area contributed by atoms with E-state index in [2.05, 4.69) is 11.9 Å². The zero-order valence-electron chi connectivity index (χ0n) is 14.6. The van der Waals surface area contributed by atoms with Gasteiger partial charge in [-0.2, -0.15) is 0 Å². The van der Waals surface area contributed by atoms with E-state index in [0.717, 1.165) is 50.2 Å². The summed E-state index contributed by atoms with van der Waals surface area (Å²) in [4.78, 5) is 19.0. The largest absolute Gasteiger partial charge is 0.370 e. The van der Waals surface area contributed by atoms with Crippen LogP contribution in [-0.4, -0.2) is 33.5 Å². The molecule has 0 N–H and O–H groups in total. The molecular formula is C19H24FN3O2. The van der Waals surface area contributed by atoms with Crippen LogP contribution in [0, 0.1) is 11.7 Å². The number of hydrogen-bond donors (Lipinski definition) is 0. The quantitative estimate of drug-likeness (QED) is 0.831. The van der Waals surface area contributed by atoms with Gasteiger partial charge in [0.2, 0.25) is 5.91 Å². The molecular weight excluding hydrogens is 321 g/mol. The predicted octanol–water partition coefficient (Wildman–Crippen LogP) is 3.63. The lowest BCUT2D eigenvalue weighted by molar-refractivity contribution is -0.129. The van der Waals surface area contributed by atoms with E-state index >= 15 is 0 Å². The van der Waals surface area contributed by atoms with Crippen LogP contribution in [0.15, 0.2) is 18.2 Å². The molecule has 2 fully saturated rings. The summed E-state index contributed by atoms with van der Waals surface area (Å²) in [6, 6.07) is 4.65. The lowest BCUT2D eigenvalue weighted by Crippen LogP contribution is -2.29. The number of rotatable bonds is 5. The van der Waals surface area contributed by atoms with E-state index in [0.29, 0.717) is 24.5 Å². The second-order valence-corrected chi connectivity index (χ2v) is 7.15. The van der Waals surface area contributed by atoms with Crippen LogP contribution in [0.1, 0.15) is 51.0 Å². The Kier molecular flexibility index (Phi) is 4.46. The maximum Gasteiger partial charge on any atom is 0.224 e. The highest BCUT2D eigenvalue weighted by Gasteiger charge is 2.31. The summed E-state index contributed by atoms with van der Waals surface area (Å²) in [5.74, 6) is 1.15. The molecule has 25 heavy (non-hydrogen) atoms. The first-order valence-corrected chi connectivity index (χ1v) is 9.20. The summed E-state index contributed by atoms with van der Waals surface area (Å²) < 4.78 is 21.5. The van der Waals surface area contributed by atoms with Crippen molar-refractivity contribution >= 4 is 16.9 Å². The Balaban J connectivity index is 1.67. The summed E-state index contributed by atoms with van der Waals surface area (Å²) in [6.07, 6.45) is 4.66. The molecule has 2 unspecified atom stereocenters. The van der Waals surface area contributed by atoms with Gasteiger partial charge in [-0.3, -0.25) is 4.79 Å². The minimum Gasteiger partial charge on any atom is -0.370 e. The second-order valence-electron chi connectivity index (χ2n) is 7.15. The van der Waals surface area contributed by atoms with Crippen molar-refractivity contribution < 1.29 is 13.9 Å². The topological polar surface area (TPSA) is 47.4 Å². The molecule has 134 valence electrons. The van der Waals surface area contributed by atoms with Gasteiger partial charge in [-0.15, -0.1) is 0 Å². The Morgan fingerprint density at radius 3 is 3.04 bits per heavy atom. The molecule has 0 aliphatic carbocycles. The van der Waals surface area contributed by atoms with Gasteiger partial charge in [0.05, 0.1) is 17.7 Å². The number of imidazole rings is 1. The summed E-state index contributed by atoms with van der Waals surface area (Å²) in [5, 5.41) is 0. The Labute approximate surface area is 146 Å². The molecule has 4 rings (SSSR count). The van der Waals surface area contributed by atoms with Gasteiger partial charge < -0.3 is 14.2 Å². The molecule has 1 aromatic heterocycles. The minimum atomic E-state index is -0.295. The van der Waals surface area contributed by atoms with Gasteiger partial charge in [-0.25, -0.2) is 9.37 Å². The van der Waals surface area contributed by atoms with E-state index in [9.17, 15) is 9.18 Å². The van der Waals surface area contributed by atoms with Crippen LogP contribution >= 0.6 is 0 Å². The summed E-state index contributed by atoms with van der Waals surface area (Å²) in [7, 11) is 0. The zero-order valence-corrected chi connectivity index (χ0v) is 14.6. The van der Waals surface area contributed by atoms with Crippen LogP contribution in [0.4, 0.5) is 4.39 Å². The summed E-state index contributed by atoms with van der Waals surface area (Å²) in [5.41, 5.74) is 1.49. The lowest BCUT2D eigenvalue weighted by atomic mass is 10.0. The van der Waals surface area contributed by atoms with Crippen molar-refractivity contribution in [3.63, 3.8) is 0 Å². The van der Waals surface area contributed by atoms with Crippen molar-refractivity contribution in [2.75, 3.05) is 13.2 Å². The first kappa shape index (κ1) is 16.5. The SMILES string of the molecule is CCCC1CC(=O)N(Cn2c(C3CCCO3)nc3cc(F)ccc32)C1. The number of aromatic nitrogens is 2.